The number of hydrogen-bond donors (Lipinski definition) is 2. The standard InChI is InChI=1S/C32H32N2O6/c1-18-6-8-21(9-7-18)31(37)34-19(2)39-32(38)26-17-29-25(16-27(26)34)24-15-22(10-11-28(24)40-29)30(36)33-13-12-20-4-3-5-23(35)14-20/h3-5,10-11,14-19,21,35H,6-9,12-13H2,1-2H3,(H,33,36). The van der Waals surface area contributed by atoms with Crippen molar-refractivity contribution in [3.8, 4) is 5.75 Å². The summed E-state index contributed by atoms with van der Waals surface area (Å²) >= 11 is 0. The largest absolute Gasteiger partial charge is 0.508 e. The molecule has 1 atom stereocenters. The number of nitrogens with zero attached hydrogens (tertiary/aromatic N) is 1. The van der Waals surface area contributed by atoms with Gasteiger partial charge >= 0.3 is 5.97 Å². The molecule has 1 unspecified atom stereocenters. The van der Waals surface area contributed by atoms with Crippen LogP contribution < -0.4 is 10.2 Å². The number of anilines is 1. The highest BCUT2D eigenvalue weighted by molar-refractivity contribution is 6.14. The molecule has 2 N–H and O–H groups in total. The van der Waals surface area contributed by atoms with E-state index < -0.39 is 12.2 Å². The fourth-order valence-electron chi connectivity index (χ4n) is 5.92. The van der Waals surface area contributed by atoms with E-state index in [0.717, 1.165) is 42.0 Å². The number of cyclic esters (lactones) is 1. The summed E-state index contributed by atoms with van der Waals surface area (Å²) < 4.78 is 11.6. The molecule has 1 aromatic heterocycles. The third-order valence-electron chi connectivity index (χ3n) is 8.18. The minimum atomic E-state index is -0.713. The van der Waals surface area contributed by atoms with E-state index in [1.165, 1.54) is 0 Å². The van der Waals surface area contributed by atoms with Crippen LogP contribution in [0.5, 0.6) is 5.75 Å². The average molecular weight is 541 g/mol. The number of rotatable bonds is 5. The van der Waals surface area contributed by atoms with Crippen LogP contribution in [0.3, 0.4) is 0 Å². The number of furan rings is 1. The number of ether oxygens (including phenoxy) is 1. The van der Waals surface area contributed by atoms with Crippen LogP contribution in [0, 0.1) is 11.8 Å². The van der Waals surface area contributed by atoms with E-state index in [0.29, 0.717) is 46.9 Å². The van der Waals surface area contributed by atoms with Crippen molar-refractivity contribution in [2.24, 2.45) is 11.8 Å². The first-order valence-corrected chi connectivity index (χ1v) is 13.9. The number of phenolic OH excluding ortho intramolecular Hbond substituents is 1. The molecule has 2 aliphatic rings. The number of carbonyl (C=O) groups excluding carboxylic acids is 3. The lowest BCUT2D eigenvalue weighted by atomic mass is 9.82. The van der Waals surface area contributed by atoms with Crippen molar-refractivity contribution in [2.45, 2.75) is 52.2 Å². The van der Waals surface area contributed by atoms with E-state index in [9.17, 15) is 19.5 Å². The Morgan fingerprint density at radius 3 is 2.52 bits per heavy atom. The Labute approximate surface area is 231 Å². The first-order chi connectivity index (χ1) is 19.3. The van der Waals surface area contributed by atoms with Gasteiger partial charge in [0.2, 0.25) is 5.91 Å². The van der Waals surface area contributed by atoms with E-state index in [2.05, 4.69) is 12.2 Å². The summed E-state index contributed by atoms with van der Waals surface area (Å²) in [5.74, 6) is -0.0298. The normalized spacial score (nSPS) is 20.8. The predicted molar refractivity (Wildman–Crippen MR) is 151 cm³/mol. The molecule has 8 heteroatoms. The molecule has 0 saturated heterocycles. The molecule has 1 saturated carbocycles. The Morgan fingerprint density at radius 1 is 0.975 bits per heavy atom. The Balaban J connectivity index is 1.30. The molecule has 1 fully saturated rings. The van der Waals surface area contributed by atoms with Gasteiger partial charge in [0.1, 0.15) is 16.9 Å². The Morgan fingerprint density at radius 2 is 1.75 bits per heavy atom. The van der Waals surface area contributed by atoms with Crippen LogP contribution in [0.25, 0.3) is 21.9 Å². The van der Waals surface area contributed by atoms with Crippen LogP contribution >= 0.6 is 0 Å². The lowest BCUT2D eigenvalue weighted by Gasteiger charge is -2.37. The van der Waals surface area contributed by atoms with Crippen molar-refractivity contribution in [1.29, 1.82) is 0 Å². The second kappa shape index (κ2) is 10.3. The number of phenols is 1. The molecule has 0 spiro atoms. The minimum Gasteiger partial charge on any atom is -0.508 e. The molecular weight excluding hydrogens is 508 g/mol. The lowest BCUT2D eigenvalue weighted by molar-refractivity contribution is -0.125. The maximum absolute atomic E-state index is 13.7. The van der Waals surface area contributed by atoms with Gasteiger partial charge in [0.05, 0.1) is 11.3 Å². The number of benzene rings is 3. The van der Waals surface area contributed by atoms with Crippen molar-refractivity contribution in [2.75, 3.05) is 11.4 Å². The monoisotopic (exact) mass is 540 g/mol. The maximum atomic E-state index is 13.7. The molecular formula is C32H32N2O6. The first-order valence-electron chi connectivity index (χ1n) is 13.9. The quantitative estimate of drug-likeness (QED) is 0.303. The molecule has 40 heavy (non-hydrogen) atoms. The van der Waals surface area contributed by atoms with E-state index in [-0.39, 0.29) is 23.5 Å². The smallest absolute Gasteiger partial charge is 0.342 e. The lowest BCUT2D eigenvalue weighted by Crippen LogP contribution is -2.48. The molecule has 8 nitrogen and oxygen atoms in total. The number of fused-ring (bicyclic) bond motifs is 4. The summed E-state index contributed by atoms with van der Waals surface area (Å²) in [6.07, 6.45) is 3.54. The summed E-state index contributed by atoms with van der Waals surface area (Å²) in [6.45, 7) is 4.35. The average Bonchev–Trinajstić information content (AvgIpc) is 3.29. The Kier molecular flexibility index (Phi) is 6.70. The third kappa shape index (κ3) is 4.78. The van der Waals surface area contributed by atoms with Crippen LogP contribution in [0.1, 0.15) is 65.8 Å². The van der Waals surface area contributed by atoms with Crippen LogP contribution in [0.15, 0.2) is 59.0 Å². The highest BCUT2D eigenvalue weighted by Crippen LogP contribution is 2.40. The Bertz CT molecular complexity index is 1630. The van der Waals surface area contributed by atoms with Gasteiger partial charge < -0.3 is 19.6 Å². The van der Waals surface area contributed by atoms with Crippen molar-refractivity contribution < 1.29 is 28.6 Å². The molecule has 4 aromatic rings. The minimum absolute atomic E-state index is 0.0212. The maximum Gasteiger partial charge on any atom is 0.342 e. The molecule has 2 amide bonds. The number of esters is 1. The van der Waals surface area contributed by atoms with Crippen molar-refractivity contribution in [3.63, 3.8) is 0 Å². The summed E-state index contributed by atoms with van der Waals surface area (Å²) in [5.41, 5.74) is 3.28. The molecule has 206 valence electrons. The van der Waals surface area contributed by atoms with E-state index in [1.807, 2.05) is 12.1 Å². The number of carbonyl (C=O) groups is 3. The van der Waals surface area contributed by atoms with Gasteiger partial charge in [-0.25, -0.2) is 4.79 Å². The zero-order valence-corrected chi connectivity index (χ0v) is 22.6. The number of hydrogen-bond acceptors (Lipinski definition) is 6. The summed E-state index contributed by atoms with van der Waals surface area (Å²) in [4.78, 5) is 41.1. The van der Waals surface area contributed by atoms with Crippen molar-refractivity contribution in [1.82, 2.24) is 5.32 Å². The number of aromatic hydroxyl groups is 1. The molecule has 0 bridgehead atoms. The van der Waals surface area contributed by atoms with Gasteiger partial charge in [-0.1, -0.05) is 19.1 Å². The third-order valence-corrected chi connectivity index (χ3v) is 8.18. The zero-order valence-electron chi connectivity index (χ0n) is 22.6. The zero-order chi connectivity index (χ0) is 28.0. The van der Waals surface area contributed by atoms with Crippen LogP contribution in [0.4, 0.5) is 5.69 Å². The summed E-state index contributed by atoms with van der Waals surface area (Å²) in [7, 11) is 0. The van der Waals surface area contributed by atoms with Gasteiger partial charge in [0.15, 0.2) is 6.23 Å². The van der Waals surface area contributed by atoms with E-state index in [4.69, 9.17) is 9.15 Å². The number of nitrogens with one attached hydrogen (secondary N) is 1. The molecule has 3 aromatic carbocycles. The fraction of sp³-hybridized carbons (Fsp3) is 0.344. The fourth-order valence-corrected chi connectivity index (χ4v) is 5.92. The first kappa shape index (κ1) is 25.9. The van der Waals surface area contributed by atoms with Crippen molar-refractivity contribution in [3.05, 3.63) is 71.3 Å². The molecule has 1 aliphatic heterocycles. The van der Waals surface area contributed by atoms with Gasteiger partial charge in [0.25, 0.3) is 5.91 Å². The van der Waals surface area contributed by atoms with Gasteiger partial charge in [-0.2, -0.15) is 0 Å². The van der Waals surface area contributed by atoms with Crippen LogP contribution in [0.2, 0.25) is 0 Å². The highest BCUT2D eigenvalue weighted by atomic mass is 16.6. The second-order valence-electron chi connectivity index (χ2n) is 11.0. The van der Waals surface area contributed by atoms with Crippen LogP contribution in [-0.2, 0) is 16.0 Å². The van der Waals surface area contributed by atoms with E-state index >= 15 is 0 Å². The van der Waals surface area contributed by atoms with Gasteiger partial charge in [0, 0.05) is 28.8 Å². The summed E-state index contributed by atoms with van der Waals surface area (Å²) in [6, 6.07) is 15.6. The predicted octanol–water partition coefficient (Wildman–Crippen LogP) is 5.94. The second-order valence-corrected chi connectivity index (χ2v) is 11.0. The van der Waals surface area contributed by atoms with E-state index in [1.54, 1.807) is 54.3 Å². The molecule has 2 heterocycles. The van der Waals surface area contributed by atoms with Crippen LogP contribution in [-0.4, -0.2) is 35.7 Å². The molecule has 1 aliphatic carbocycles. The van der Waals surface area contributed by atoms with Crippen molar-refractivity contribution >= 4 is 45.4 Å². The number of amides is 2. The summed E-state index contributed by atoms with van der Waals surface area (Å²) in [5, 5.41) is 14.0. The highest BCUT2D eigenvalue weighted by Gasteiger charge is 2.38. The SMILES string of the molecule is CC1CCC(C(=O)N2c3cc4c(cc3C(=O)OC2C)oc2ccc(C(=O)NCCc3cccc(O)c3)cc24)CC1. The molecule has 0 radical (unpaired) electrons. The topological polar surface area (TPSA) is 109 Å². The molecule has 6 rings (SSSR count). The van der Waals surface area contributed by atoms with Gasteiger partial charge in [-0.15, -0.1) is 0 Å². The Hall–Kier alpha value is -4.33. The van der Waals surface area contributed by atoms with Gasteiger partial charge in [-0.05, 0) is 93.0 Å². The van der Waals surface area contributed by atoms with Gasteiger partial charge in [-0.3, -0.25) is 14.5 Å².